The number of Topliss-reactive ketones (excluding diaryl/α,β-unsaturated/α-hetero) is 1. The van der Waals surface area contributed by atoms with E-state index in [-0.39, 0.29) is 11.7 Å². The summed E-state index contributed by atoms with van der Waals surface area (Å²) in [6, 6.07) is 9.24. The molecule has 0 atom stereocenters. The molecule has 0 bridgehead atoms. The number of aromatic nitrogens is 2. The van der Waals surface area contributed by atoms with E-state index in [1.165, 1.54) is 0 Å². The molecule has 0 aliphatic rings. The van der Waals surface area contributed by atoms with Crippen LogP contribution in [0, 0.1) is 0 Å². The molecular weight excluding hydrogens is 285 g/mol. The molecule has 112 valence electrons. The second kappa shape index (κ2) is 5.31. The van der Waals surface area contributed by atoms with Gasteiger partial charge in [0, 0.05) is 0 Å². The fourth-order valence-corrected chi connectivity index (χ4v) is 1.80. The molecule has 1 heterocycles. The van der Waals surface area contributed by atoms with Gasteiger partial charge in [-0.1, -0.05) is 35.5 Å². The summed E-state index contributed by atoms with van der Waals surface area (Å²) in [4.78, 5) is 14.8. The van der Waals surface area contributed by atoms with Crippen LogP contribution in [0.1, 0.15) is 31.1 Å². The van der Waals surface area contributed by atoms with Gasteiger partial charge in [0.1, 0.15) is 0 Å². The molecule has 0 fully saturated rings. The van der Waals surface area contributed by atoms with E-state index >= 15 is 0 Å². The molecule has 0 aliphatic heterocycles. The van der Waals surface area contributed by atoms with Crippen LogP contribution in [0.4, 0.5) is 13.2 Å². The number of hydrogen-bond acceptors (Lipinski definition) is 4. The molecule has 2 rings (SSSR count). The lowest BCUT2D eigenvalue weighted by atomic mass is 9.84. The van der Waals surface area contributed by atoms with E-state index in [9.17, 15) is 18.0 Å². The van der Waals surface area contributed by atoms with Gasteiger partial charge < -0.3 is 4.52 Å². The zero-order chi connectivity index (χ0) is 15.7. The lowest BCUT2D eigenvalue weighted by Gasteiger charge is -2.20. The van der Waals surface area contributed by atoms with Crippen LogP contribution in [-0.2, 0) is 16.6 Å². The monoisotopic (exact) mass is 298 g/mol. The van der Waals surface area contributed by atoms with E-state index in [1.54, 1.807) is 0 Å². The van der Waals surface area contributed by atoms with Crippen molar-refractivity contribution in [1.82, 2.24) is 10.1 Å². The molecular formula is C14H13F3N2O2. The van der Waals surface area contributed by atoms with Crippen molar-refractivity contribution in [2.45, 2.75) is 31.9 Å². The molecule has 0 saturated carbocycles. The van der Waals surface area contributed by atoms with Crippen molar-refractivity contribution >= 4 is 5.78 Å². The number of ketones is 1. The molecule has 0 unspecified atom stereocenters. The van der Waals surface area contributed by atoms with E-state index in [0.29, 0.717) is 0 Å². The van der Waals surface area contributed by atoms with Gasteiger partial charge in [-0.2, -0.15) is 18.2 Å². The maximum Gasteiger partial charge on any atom is 0.450 e. The predicted molar refractivity (Wildman–Crippen MR) is 67.6 cm³/mol. The van der Waals surface area contributed by atoms with E-state index in [1.807, 2.05) is 44.2 Å². The molecule has 0 aliphatic carbocycles. The first-order valence-electron chi connectivity index (χ1n) is 6.20. The number of alkyl halides is 3. The Hall–Kier alpha value is -2.18. The van der Waals surface area contributed by atoms with Crippen molar-refractivity contribution in [1.29, 1.82) is 0 Å². The predicted octanol–water partition coefficient (Wildman–Crippen LogP) is 3.07. The topological polar surface area (TPSA) is 56.0 Å². The van der Waals surface area contributed by atoms with Gasteiger partial charge in [0.2, 0.25) is 11.7 Å². The zero-order valence-electron chi connectivity index (χ0n) is 11.4. The molecule has 1 aromatic heterocycles. The quantitative estimate of drug-likeness (QED) is 0.870. The highest BCUT2D eigenvalue weighted by molar-refractivity contribution is 5.85. The number of rotatable bonds is 4. The number of halogens is 3. The molecule has 0 amide bonds. The first-order chi connectivity index (χ1) is 9.71. The fourth-order valence-electron chi connectivity index (χ4n) is 1.80. The Kier molecular flexibility index (Phi) is 3.85. The summed E-state index contributed by atoms with van der Waals surface area (Å²) >= 11 is 0. The molecule has 1 aromatic carbocycles. The number of carbonyl (C=O) groups excluding carboxylic acids is 1. The Labute approximate surface area is 119 Å². The van der Waals surface area contributed by atoms with Gasteiger partial charge in [0.15, 0.2) is 5.82 Å². The normalized spacial score (nSPS) is 12.4. The van der Waals surface area contributed by atoms with Crippen LogP contribution < -0.4 is 0 Å². The van der Waals surface area contributed by atoms with Crippen LogP contribution in [0.3, 0.4) is 0 Å². The van der Waals surface area contributed by atoms with Crippen molar-refractivity contribution < 1.29 is 22.5 Å². The first-order valence-corrected chi connectivity index (χ1v) is 6.20. The number of benzene rings is 1. The highest BCUT2D eigenvalue weighted by Gasteiger charge is 2.39. The van der Waals surface area contributed by atoms with Gasteiger partial charge in [0.05, 0.1) is 11.8 Å². The summed E-state index contributed by atoms with van der Waals surface area (Å²) in [5.41, 5.74) is 0.254. The van der Waals surface area contributed by atoms with Crippen LogP contribution in [-0.4, -0.2) is 22.1 Å². The van der Waals surface area contributed by atoms with Crippen molar-refractivity contribution in [2.24, 2.45) is 0 Å². The van der Waals surface area contributed by atoms with Crippen molar-refractivity contribution in [3.63, 3.8) is 0 Å². The third-order valence-corrected chi connectivity index (χ3v) is 3.15. The fraction of sp³-hybridized carbons (Fsp3) is 0.357. The molecule has 2 aromatic rings. The Balaban J connectivity index is 2.22. The number of carbonyl (C=O) groups is 1. The van der Waals surface area contributed by atoms with Crippen LogP contribution in [0.15, 0.2) is 34.9 Å². The summed E-state index contributed by atoms with van der Waals surface area (Å²) in [6.45, 7) is 3.64. The van der Waals surface area contributed by atoms with Crippen LogP contribution in [0.2, 0.25) is 0 Å². The maximum atomic E-state index is 12.2. The van der Waals surface area contributed by atoms with Crippen LogP contribution >= 0.6 is 0 Å². The lowest BCUT2D eigenvalue weighted by molar-refractivity contribution is -0.170. The Bertz CT molecular complexity index is 633. The van der Waals surface area contributed by atoms with Crippen molar-refractivity contribution in [2.75, 3.05) is 0 Å². The van der Waals surface area contributed by atoms with Gasteiger partial charge in [-0.3, -0.25) is 4.79 Å². The van der Waals surface area contributed by atoms with E-state index < -0.39 is 23.8 Å². The van der Waals surface area contributed by atoms with E-state index in [0.717, 1.165) is 5.56 Å². The summed E-state index contributed by atoms with van der Waals surface area (Å²) in [5, 5.41) is 3.69. The van der Waals surface area contributed by atoms with Crippen molar-refractivity contribution in [3.8, 4) is 0 Å². The largest absolute Gasteiger partial charge is 0.450 e. The summed E-state index contributed by atoms with van der Waals surface area (Å²) in [7, 11) is 0. The van der Waals surface area contributed by atoms with Gasteiger partial charge in [0.25, 0.3) is 0 Å². The standard InChI is InChI=1S/C14H13F3N2O2/c1-13(2,9-6-4-3-5-7-9)12-18-11(21-19-12)8-10(20)14(15,16)17/h3-7H,8H2,1-2H3. The molecule has 4 nitrogen and oxygen atoms in total. The third kappa shape index (κ3) is 3.29. The summed E-state index contributed by atoms with van der Waals surface area (Å²) < 4.78 is 41.4. The second-order valence-corrected chi connectivity index (χ2v) is 5.10. The van der Waals surface area contributed by atoms with Gasteiger partial charge in [-0.15, -0.1) is 0 Å². The lowest BCUT2D eigenvalue weighted by Crippen LogP contribution is -2.25. The minimum atomic E-state index is -4.90. The molecule has 21 heavy (non-hydrogen) atoms. The third-order valence-electron chi connectivity index (χ3n) is 3.15. The Morgan fingerprint density at radius 3 is 2.38 bits per heavy atom. The van der Waals surface area contributed by atoms with Gasteiger partial charge in [-0.05, 0) is 19.4 Å². The summed E-state index contributed by atoms with van der Waals surface area (Å²) in [5.74, 6) is -2.01. The van der Waals surface area contributed by atoms with Crippen molar-refractivity contribution in [3.05, 3.63) is 47.6 Å². The SMILES string of the molecule is CC(C)(c1ccccc1)c1noc(CC(=O)C(F)(F)F)n1. The highest BCUT2D eigenvalue weighted by Crippen LogP contribution is 2.29. The van der Waals surface area contributed by atoms with Crippen LogP contribution in [0.5, 0.6) is 0 Å². The number of nitrogens with zero attached hydrogens (tertiary/aromatic N) is 2. The Morgan fingerprint density at radius 2 is 1.81 bits per heavy atom. The minimum Gasteiger partial charge on any atom is -0.339 e. The first kappa shape index (κ1) is 15.2. The molecule has 0 spiro atoms. The minimum absolute atomic E-state index is 0.235. The highest BCUT2D eigenvalue weighted by atomic mass is 19.4. The van der Waals surface area contributed by atoms with E-state index in [4.69, 9.17) is 4.52 Å². The van der Waals surface area contributed by atoms with E-state index in [2.05, 4.69) is 10.1 Å². The van der Waals surface area contributed by atoms with Gasteiger partial charge >= 0.3 is 6.18 Å². The zero-order valence-corrected chi connectivity index (χ0v) is 11.4. The van der Waals surface area contributed by atoms with Gasteiger partial charge in [-0.25, -0.2) is 0 Å². The summed E-state index contributed by atoms with van der Waals surface area (Å²) in [6.07, 6.45) is -5.84. The molecule has 7 heteroatoms. The maximum absolute atomic E-state index is 12.2. The smallest absolute Gasteiger partial charge is 0.339 e. The molecule has 0 radical (unpaired) electrons. The second-order valence-electron chi connectivity index (χ2n) is 5.10. The average Bonchev–Trinajstić information content (AvgIpc) is 2.88. The van der Waals surface area contributed by atoms with Crippen LogP contribution in [0.25, 0.3) is 0 Å². The molecule has 0 N–H and O–H groups in total. The molecule has 0 saturated heterocycles. The Morgan fingerprint density at radius 1 is 1.19 bits per heavy atom. The number of hydrogen-bond donors (Lipinski definition) is 0. The average molecular weight is 298 g/mol.